The van der Waals surface area contributed by atoms with E-state index in [1.54, 1.807) is 17.0 Å². The maximum Gasteiger partial charge on any atom is 0.251 e. The summed E-state index contributed by atoms with van der Waals surface area (Å²) in [7, 11) is 0. The van der Waals surface area contributed by atoms with Gasteiger partial charge in [-0.3, -0.25) is 9.59 Å². The number of carbonyl (C=O) groups excluding carboxylic acids is 2. The summed E-state index contributed by atoms with van der Waals surface area (Å²) in [6.07, 6.45) is 0. The number of rotatable bonds is 5. The summed E-state index contributed by atoms with van der Waals surface area (Å²) in [5.74, 6) is -0.195. The number of halogens is 1. The van der Waals surface area contributed by atoms with E-state index in [1.165, 1.54) is 0 Å². The van der Waals surface area contributed by atoms with Crippen molar-refractivity contribution in [1.29, 1.82) is 0 Å². The number of likely N-dealkylation sites (tertiary alicyclic amines) is 1. The molecule has 1 aliphatic heterocycles. The number of hydrogen-bond donors (Lipinski definition) is 2. The first-order valence-electron chi connectivity index (χ1n) is 9.83. The monoisotopic (exact) mass is 415 g/mol. The largest absolute Gasteiger partial charge is 0.340 e. The first-order valence-corrected chi connectivity index (χ1v) is 9.83. The molecule has 3 N–H and O–H groups in total. The van der Waals surface area contributed by atoms with E-state index < -0.39 is 6.04 Å². The van der Waals surface area contributed by atoms with Crippen LogP contribution in [0.25, 0.3) is 0 Å². The average molecular weight is 416 g/mol. The van der Waals surface area contributed by atoms with Gasteiger partial charge in [-0.2, -0.15) is 0 Å². The molecule has 2 aromatic rings. The van der Waals surface area contributed by atoms with Crippen molar-refractivity contribution in [3.63, 3.8) is 0 Å². The van der Waals surface area contributed by atoms with Crippen molar-refractivity contribution >= 4 is 24.2 Å². The third-order valence-corrected chi connectivity index (χ3v) is 5.44. The molecule has 1 aliphatic rings. The lowest BCUT2D eigenvalue weighted by atomic mass is 9.95. The van der Waals surface area contributed by atoms with Gasteiger partial charge >= 0.3 is 0 Å². The fourth-order valence-electron chi connectivity index (χ4n) is 3.70. The number of nitrogens with one attached hydrogen (secondary N) is 1. The van der Waals surface area contributed by atoms with E-state index in [4.69, 9.17) is 5.73 Å². The lowest BCUT2D eigenvalue weighted by Gasteiger charge is -2.27. The number of nitrogens with two attached hydrogens (primary N) is 1. The predicted molar refractivity (Wildman–Crippen MR) is 118 cm³/mol. The highest BCUT2D eigenvalue weighted by Crippen LogP contribution is 2.27. The number of benzene rings is 2. The molecule has 1 saturated heterocycles. The Balaban J connectivity index is 0.00000300. The minimum atomic E-state index is -0.574. The summed E-state index contributed by atoms with van der Waals surface area (Å²) < 4.78 is 0. The van der Waals surface area contributed by atoms with Gasteiger partial charge in [-0.25, -0.2) is 0 Å². The van der Waals surface area contributed by atoms with E-state index in [0.29, 0.717) is 18.7 Å². The predicted octanol–water partition coefficient (Wildman–Crippen LogP) is 3.12. The van der Waals surface area contributed by atoms with E-state index >= 15 is 0 Å². The molecule has 5 nitrogen and oxygen atoms in total. The Hall–Kier alpha value is -2.37. The highest BCUT2D eigenvalue weighted by atomic mass is 35.5. The number of amides is 2. The van der Waals surface area contributed by atoms with E-state index in [2.05, 4.69) is 17.4 Å². The van der Waals surface area contributed by atoms with Crippen LogP contribution in [0.15, 0.2) is 54.6 Å². The van der Waals surface area contributed by atoms with Crippen LogP contribution in [-0.4, -0.2) is 41.9 Å². The maximum absolute atomic E-state index is 13.2. The average Bonchev–Trinajstić information content (AvgIpc) is 3.08. The zero-order chi connectivity index (χ0) is 20.3. The van der Waals surface area contributed by atoms with Crippen molar-refractivity contribution in [2.24, 2.45) is 11.7 Å². The fraction of sp³-hybridized carbons (Fsp3) is 0.391. The quantitative estimate of drug-likeness (QED) is 0.787. The number of aryl methyl sites for hydroxylation is 1. The minimum absolute atomic E-state index is 0. The molecule has 2 amide bonds. The molecular weight excluding hydrogens is 386 g/mol. The van der Waals surface area contributed by atoms with Crippen molar-refractivity contribution in [3.05, 3.63) is 71.3 Å². The zero-order valence-electron chi connectivity index (χ0n) is 17.2. The van der Waals surface area contributed by atoms with Gasteiger partial charge in [0.05, 0.1) is 0 Å². The number of nitrogens with zero attached hydrogens (tertiary/aromatic N) is 1. The van der Waals surface area contributed by atoms with E-state index in [0.717, 1.165) is 11.1 Å². The molecule has 0 aromatic heterocycles. The second-order valence-corrected chi connectivity index (χ2v) is 7.99. The first-order chi connectivity index (χ1) is 13.4. The summed E-state index contributed by atoms with van der Waals surface area (Å²) in [4.78, 5) is 27.6. The smallest absolute Gasteiger partial charge is 0.251 e. The minimum Gasteiger partial charge on any atom is -0.340 e. The van der Waals surface area contributed by atoms with Gasteiger partial charge in [-0.1, -0.05) is 61.9 Å². The van der Waals surface area contributed by atoms with Crippen molar-refractivity contribution in [2.45, 2.75) is 38.8 Å². The topological polar surface area (TPSA) is 75.4 Å². The molecule has 0 spiro atoms. The molecule has 0 radical (unpaired) electrons. The van der Waals surface area contributed by atoms with Crippen LogP contribution in [0.4, 0.5) is 0 Å². The van der Waals surface area contributed by atoms with Gasteiger partial charge in [0.25, 0.3) is 5.91 Å². The van der Waals surface area contributed by atoms with Gasteiger partial charge in [-0.15, -0.1) is 12.4 Å². The Morgan fingerprint density at radius 1 is 1.03 bits per heavy atom. The Kier molecular flexibility index (Phi) is 7.82. The number of carbonyl (C=O) groups is 2. The zero-order valence-corrected chi connectivity index (χ0v) is 18.0. The Labute approximate surface area is 179 Å². The Bertz CT molecular complexity index is 824. The maximum atomic E-state index is 13.2. The van der Waals surface area contributed by atoms with Crippen LogP contribution in [0.1, 0.15) is 41.3 Å². The lowest BCUT2D eigenvalue weighted by Crippen LogP contribution is -2.51. The van der Waals surface area contributed by atoms with Gasteiger partial charge in [0.1, 0.15) is 6.04 Å². The van der Waals surface area contributed by atoms with Crippen LogP contribution in [0.3, 0.4) is 0 Å². The molecule has 3 atom stereocenters. The van der Waals surface area contributed by atoms with Crippen LogP contribution in [0.5, 0.6) is 0 Å². The van der Waals surface area contributed by atoms with E-state index in [1.807, 2.05) is 51.1 Å². The summed E-state index contributed by atoms with van der Waals surface area (Å²) in [6.45, 7) is 6.95. The molecule has 6 heteroatoms. The highest BCUT2D eigenvalue weighted by molar-refractivity contribution is 5.97. The van der Waals surface area contributed by atoms with Crippen LogP contribution < -0.4 is 11.1 Å². The molecule has 29 heavy (non-hydrogen) atoms. The highest BCUT2D eigenvalue weighted by Gasteiger charge is 2.37. The molecule has 0 saturated carbocycles. The van der Waals surface area contributed by atoms with Crippen LogP contribution in [-0.2, 0) is 4.79 Å². The molecule has 0 aliphatic carbocycles. The molecule has 3 rings (SSSR count). The molecular formula is C23H30ClN3O2. The molecule has 1 heterocycles. The SMILES string of the molecule is Cc1ccc(C(=O)NC(C(=O)N2C[C@@H](N)[C@H](c3ccccc3)C2)C(C)C)cc1.Cl. The van der Waals surface area contributed by atoms with Crippen LogP contribution in [0.2, 0.25) is 0 Å². The van der Waals surface area contributed by atoms with Gasteiger partial charge in [-0.05, 0) is 30.5 Å². The summed E-state index contributed by atoms with van der Waals surface area (Å²) in [5.41, 5.74) is 9.14. The van der Waals surface area contributed by atoms with Crippen LogP contribution >= 0.6 is 12.4 Å². The van der Waals surface area contributed by atoms with Gasteiger partial charge in [0.2, 0.25) is 5.91 Å². The van der Waals surface area contributed by atoms with Crippen molar-refractivity contribution in [3.8, 4) is 0 Å². The Morgan fingerprint density at radius 3 is 2.24 bits per heavy atom. The first kappa shape index (κ1) is 22.9. The van der Waals surface area contributed by atoms with Gasteiger partial charge in [0, 0.05) is 30.6 Å². The third kappa shape index (κ3) is 5.37. The van der Waals surface area contributed by atoms with Gasteiger partial charge < -0.3 is 16.0 Å². The molecule has 2 aromatic carbocycles. The standard InChI is InChI=1S/C23H29N3O2.ClH/c1-15(2)21(25-22(27)18-11-9-16(3)10-12-18)23(28)26-13-19(20(24)14-26)17-7-5-4-6-8-17;/h4-12,15,19-21H,13-14,24H2,1-3H3,(H,25,27);1H/t19-,20+,21?;/m0./s1. The Morgan fingerprint density at radius 2 is 1.66 bits per heavy atom. The van der Waals surface area contributed by atoms with Crippen LogP contribution in [0, 0.1) is 12.8 Å². The van der Waals surface area contributed by atoms with E-state index in [9.17, 15) is 9.59 Å². The lowest BCUT2D eigenvalue weighted by molar-refractivity contribution is -0.133. The van der Waals surface area contributed by atoms with Crippen molar-refractivity contribution in [2.75, 3.05) is 13.1 Å². The summed E-state index contributed by atoms with van der Waals surface area (Å²) >= 11 is 0. The molecule has 1 fully saturated rings. The van der Waals surface area contributed by atoms with Crippen molar-refractivity contribution < 1.29 is 9.59 Å². The third-order valence-electron chi connectivity index (χ3n) is 5.44. The normalized spacial score (nSPS) is 19.6. The molecule has 156 valence electrons. The molecule has 1 unspecified atom stereocenters. The van der Waals surface area contributed by atoms with Gasteiger partial charge in [0.15, 0.2) is 0 Å². The number of hydrogen-bond acceptors (Lipinski definition) is 3. The molecule has 0 bridgehead atoms. The fourth-order valence-corrected chi connectivity index (χ4v) is 3.70. The van der Waals surface area contributed by atoms with E-state index in [-0.39, 0.29) is 42.1 Å². The summed E-state index contributed by atoms with van der Waals surface area (Å²) in [5, 5.41) is 2.93. The second kappa shape index (κ2) is 9.90. The summed E-state index contributed by atoms with van der Waals surface area (Å²) in [6, 6.07) is 16.7. The van der Waals surface area contributed by atoms with Crippen molar-refractivity contribution in [1.82, 2.24) is 10.2 Å². The second-order valence-electron chi connectivity index (χ2n) is 7.99.